The predicted molar refractivity (Wildman–Crippen MR) is 86.0 cm³/mol. The molecular formula is C17H22N4O2. The average molecular weight is 314 g/mol. The van der Waals surface area contributed by atoms with Crippen LogP contribution in [0, 0.1) is 6.92 Å². The highest BCUT2D eigenvalue weighted by Gasteiger charge is 2.37. The highest BCUT2D eigenvalue weighted by Crippen LogP contribution is 2.32. The van der Waals surface area contributed by atoms with Crippen LogP contribution in [-0.2, 0) is 11.3 Å². The van der Waals surface area contributed by atoms with Crippen LogP contribution in [-0.4, -0.2) is 37.9 Å². The van der Waals surface area contributed by atoms with Gasteiger partial charge in [0, 0.05) is 13.1 Å². The highest BCUT2D eigenvalue weighted by molar-refractivity contribution is 5.69. The highest BCUT2D eigenvalue weighted by atomic mass is 16.6. The van der Waals surface area contributed by atoms with E-state index in [-0.39, 0.29) is 12.1 Å². The molecule has 1 aliphatic heterocycles. The van der Waals surface area contributed by atoms with Crippen molar-refractivity contribution >= 4 is 6.09 Å². The molecule has 122 valence electrons. The second kappa shape index (κ2) is 5.68. The minimum absolute atomic E-state index is 0.277. The summed E-state index contributed by atoms with van der Waals surface area (Å²) >= 11 is 0. The first-order valence-electron chi connectivity index (χ1n) is 7.81. The van der Waals surface area contributed by atoms with Gasteiger partial charge in [0.1, 0.15) is 17.5 Å². The molecule has 2 heterocycles. The van der Waals surface area contributed by atoms with Crippen LogP contribution in [0.25, 0.3) is 0 Å². The topological polar surface area (TPSA) is 60.2 Å². The number of ether oxygens (including phenoxy) is 1. The van der Waals surface area contributed by atoms with Crippen molar-refractivity contribution in [1.82, 2.24) is 19.7 Å². The zero-order chi connectivity index (χ0) is 16.6. The summed E-state index contributed by atoms with van der Waals surface area (Å²) in [5.41, 5.74) is 0.478. The number of rotatable bonds is 1. The summed E-state index contributed by atoms with van der Waals surface area (Å²) in [5.74, 6) is 1.65. The van der Waals surface area contributed by atoms with Gasteiger partial charge in [0.2, 0.25) is 0 Å². The van der Waals surface area contributed by atoms with Gasteiger partial charge in [-0.05, 0) is 33.3 Å². The fourth-order valence-corrected chi connectivity index (χ4v) is 2.83. The number of hydrogen-bond donors (Lipinski definition) is 0. The van der Waals surface area contributed by atoms with Gasteiger partial charge < -0.3 is 9.30 Å². The van der Waals surface area contributed by atoms with E-state index in [0.717, 1.165) is 17.2 Å². The molecule has 1 atom stereocenters. The third kappa shape index (κ3) is 3.06. The second-order valence-electron chi connectivity index (χ2n) is 6.74. The van der Waals surface area contributed by atoms with Gasteiger partial charge in [0.15, 0.2) is 5.82 Å². The lowest BCUT2D eigenvalue weighted by atomic mass is 10.0. The molecule has 0 fully saturated rings. The van der Waals surface area contributed by atoms with Crippen LogP contribution in [0.5, 0.6) is 0 Å². The molecule has 1 aromatic carbocycles. The summed E-state index contributed by atoms with van der Waals surface area (Å²) in [5, 5.41) is 8.48. The second-order valence-corrected chi connectivity index (χ2v) is 6.74. The minimum Gasteiger partial charge on any atom is -0.444 e. The summed E-state index contributed by atoms with van der Waals surface area (Å²) < 4.78 is 7.65. The van der Waals surface area contributed by atoms with E-state index in [2.05, 4.69) is 14.8 Å². The maximum atomic E-state index is 12.7. The SMILES string of the molecule is Cc1nnc2n1CCN(C(=O)OC(C)(C)C)C2c1ccccc1. The number of fused-ring (bicyclic) bond motifs is 1. The first kappa shape index (κ1) is 15.5. The first-order valence-corrected chi connectivity index (χ1v) is 7.81. The molecular weight excluding hydrogens is 292 g/mol. The smallest absolute Gasteiger partial charge is 0.411 e. The molecule has 6 heteroatoms. The maximum Gasteiger partial charge on any atom is 0.411 e. The molecule has 0 N–H and O–H groups in total. The number of carbonyl (C=O) groups excluding carboxylic acids is 1. The average Bonchev–Trinajstić information content (AvgIpc) is 2.87. The van der Waals surface area contributed by atoms with Gasteiger partial charge >= 0.3 is 6.09 Å². The number of aryl methyl sites for hydroxylation is 1. The fraction of sp³-hybridized carbons (Fsp3) is 0.471. The van der Waals surface area contributed by atoms with Crippen molar-refractivity contribution in [3.05, 3.63) is 47.5 Å². The van der Waals surface area contributed by atoms with Crippen LogP contribution in [0.2, 0.25) is 0 Å². The third-order valence-electron chi connectivity index (χ3n) is 3.83. The van der Waals surface area contributed by atoms with E-state index in [9.17, 15) is 4.79 Å². The lowest BCUT2D eigenvalue weighted by Crippen LogP contribution is -2.45. The van der Waals surface area contributed by atoms with Crippen molar-refractivity contribution in [1.29, 1.82) is 0 Å². The Labute approximate surface area is 136 Å². The lowest BCUT2D eigenvalue weighted by Gasteiger charge is -2.36. The molecule has 1 amide bonds. The molecule has 0 bridgehead atoms. The van der Waals surface area contributed by atoms with Crippen LogP contribution < -0.4 is 0 Å². The Morgan fingerprint density at radius 1 is 1.17 bits per heavy atom. The van der Waals surface area contributed by atoms with Gasteiger partial charge in [-0.1, -0.05) is 30.3 Å². The van der Waals surface area contributed by atoms with Crippen LogP contribution in [0.3, 0.4) is 0 Å². The van der Waals surface area contributed by atoms with Crippen molar-refractivity contribution in [2.24, 2.45) is 0 Å². The Kier molecular flexibility index (Phi) is 3.83. The Morgan fingerprint density at radius 3 is 2.52 bits per heavy atom. The Morgan fingerprint density at radius 2 is 1.87 bits per heavy atom. The van der Waals surface area contributed by atoms with Gasteiger partial charge in [-0.25, -0.2) is 4.79 Å². The van der Waals surface area contributed by atoms with E-state index in [4.69, 9.17) is 4.74 Å². The number of carbonyl (C=O) groups is 1. The van der Waals surface area contributed by atoms with Crippen molar-refractivity contribution in [2.75, 3.05) is 6.54 Å². The zero-order valence-electron chi connectivity index (χ0n) is 14.0. The quantitative estimate of drug-likeness (QED) is 0.812. The maximum absolute atomic E-state index is 12.7. The van der Waals surface area contributed by atoms with Gasteiger partial charge in [-0.2, -0.15) is 0 Å². The summed E-state index contributed by atoms with van der Waals surface area (Å²) in [6, 6.07) is 9.61. The normalized spacial score (nSPS) is 17.7. The number of benzene rings is 1. The lowest BCUT2D eigenvalue weighted by molar-refractivity contribution is 0.0141. The van der Waals surface area contributed by atoms with Crippen molar-refractivity contribution < 1.29 is 9.53 Å². The van der Waals surface area contributed by atoms with E-state index in [1.807, 2.05) is 58.0 Å². The van der Waals surface area contributed by atoms with E-state index in [1.54, 1.807) is 4.90 Å². The molecule has 1 unspecified atom stereocenters. The molecule has 6 nitrogen and oxygen atoms in total. The van der Waals surface area contributed by atoms with Gasteiger partial charge in [0.25, 0.3) is 0 Å². The van der Waals surface area contributed by atoms with Crippen LogP contribution >= 0.6 is 0 Å². The van der Waals surface area contributed by atoms with E-state index < -0.39 is 5.60 Å². The Hall–Kier alpha value is -2.37. The number of nitrogens with zero attached hydrogens (tertiary/aromatic N) is 4. The first-order chi connectivity index (χ1) is 10.9. The monoisotopic (exact) mass is 314 g/mol. The molecule has 2 aromatic rings. The van der Waals surface area contributed by atoms with Crippen LogP contribution in [0.4, 0.5) is 4.79 Å². The Balaban J connectivity index is 2.01. The summed E-state index contributed by atoms with van der Waals surface area (Å²) in [4.78, 5) is 14.4. The summed E-state index contributed by atoms with van der Waals surface area (Å²) in [6.45, 7) is 8.80. The van der Waals surface area contributed by atoms with Crippen molar-refractivity contribution in [2.45, 2.75) is 45.9 Å². The molecule has 3 rings (SSSR count). The van der Waals surface area contributed by atoms with Gasteiger partial charge in [-0.3, -0.25) is 4.90 Å². The molecule has 1 aromatic heterocycles. The molecule has 0 spiro atoms. The van der Waals surface area contributed by atoms with Crippen LogP contribution in [0.1, 0.15) is 44.0 Å². The number of amides is 1. The molecule has 0 saturated heterocycles. The number of aromatic nitrogens is 3. The third-order valence-corrected chi connectivity index (χ3v) is 3.83. The van der Waals surface area contributed by atoms with Gasteiger partial charge in [-0.15, -0.1) is 10.2 Å². The summed E-state index contributed by atoms with van der Waals surface area (Å²) in [7, 11) is 0. The fourth-order valence-electron chi connectivity index (χ4n) is 2.83. The van der Waals surface area contributed by atoms with E-state index in [1.165, 1.54) is 0 Å². The summed E-state index contributed by atoms with van der Waals surface area (Å²) in [6.07, 6.45) is -0.321. The van der Waals surface area contributed by atoms with Gasteiger partial charge in [0.05, 0.1) is 0 Å². The standard InChI is InChI=1S/C17H22N4O2/c1-12-18-19-15-14(13-8-6-5-7-9-13)21(11-10-20(12)15)16(22)23-17(2,3)4/h5-9,14H,10-11H2,1-4H3. The van der Waals surface area contributed by atoms with Crippen LogP contribution in [0.15, 0.2) is 30.3 Å². The van der Waals surface area contributed by atoms with E-state index >= 15 is 0 Å². The Bertz CT molecular complexity index is 703. The zero-order valence-corrected chi connectivity index (χ0v) is 14.0. The van der Waals surface area contributed by atoms with Crippen molar-refractivity contribution in [3.63, 3.8) is 0 Å². The molecule has 0 aliphatic carbocycles. The number of hydrogen-bond acceptors (Lipinski definition) is 4. The molecule has 0 saturated carbocycles. The predicted octanol–water partition coefficient (Wildman–Crippen LogP) is 2.93. The van der Waals surface area contributed by atoms with Crippen molar-refractivity contribution in [3.8, 4) is 0 Å². The molecule has 1 aliphatic rings. The molecule has 23 heavy (non-hydrogen) atoms. The molecule has 0 radical (unpaired) electrons. The van der Waals surface area contributed by atoms with E-state index in [0.29, 0.717) is 13.1 Å². The minimum atomic E-state index is -0.528. The largest absolute Gasteiger partial charge is 0.444 e.